The molecular formula is C18H30N6O6S. The molecule has 0 aliphatic rings. The van der Waals surface area contributed by atoms with Gasteiger partial charge in [-0.2, -0.15) is 12.6 Å². The number of hydrogen-bond acceptors (Lipinski definition) is 8. The van der Waals surface area contributed by atoms with E-state index in [0.717, 1.165) is 0 Å². The largest absolute Gasteiger partial charge is 0.480 e. The molecule has 1 aromatic heterocycles. The van der Waals surface area contributed by atoms with Crippen molar-refractivity contribution in [2.45, 2.75) is 57.5 Å². The second-order valence-corrected chi connectivity index (χ2v) is 7.79. The first kappa shape index (κ1) is 26.4. The summed E-state index contributed by atoms with van der Waals surface area (Å²) in [5.41, 5.74) is 6.09. The third-order valence-electron chi connectivity index (χ3n) is 4.44. The molecule has 13 heteroatoms. The van der Waals surface area contributed by atoms with Gasteiger partial charge in [0.25, 0.3) is 0 Å². The molecule has 1 rings (SSSR count). The normalized spacial score (nSPS) is 16.0. The fourth-order valence-corrected chi connectivity index (χ4v) is 2.77. The van der Waals surface area contributed by atoms with E-state index < -0.39 is 54.0 Å². The first-order chi connectivity index (χ1) is 14.5. The zero-order chi connectivity index (χ0) is 23.7. The highest BCUT2D eigenvalue weighted by atomic mass is 32.1. The Kier molecular flexibility index (Phi) is 10.4. The summed E-state index contributed by atoms with van der Waals surface area (Å²) in [6.45, 7) is 4.63. The third-order valence-corrected chi connectivity index (χ3v) is 4.83. The fourth-order valence-electron chi connectivity index (χ4n) is 2.60. The maximum atomic E-state index is 12.7. The van der Waals surface area contributed by atoms with E-state index in [1.807, 2.05) is 0 Å². The lowest BCUT2D eigenvalue weighted by Gasteiger charge is -2.28. The molecule has 5 unspecified atom stereocenters. The Morgan fingerprint density at radius 2 is 1.68 bits per heavy atom. The molecule has 8 N–H and O–H groups in total. The molecule has 0 spiro atoms. The van der Waals surface area contributed by atoms with Gasteiger partial charge in [-0.1, -0.05) is 13.8 Å². The lowest BCUT2D eigenvalue weighted by Crippen LogP contribution is -2.61. The average molecular weight is 459 g/mol. The number of aromatic amines is 1. The molecule has 0 aliphatic carbocycles. The topological polar surface area (TPSA) is 200 Å². The highest BCUT2D eigenvalue weighted by molar-refractivity contribution is 7.80. The number of rotatable bonds is 12. The van der Waals surface area contributed by atoms with Crippen molar-refractivity contribution >= 4 is 36.3 Å². The zero-order valence-corrected chi connectivity index (χ0v) is 18.4. The second kappa shape index (κ2) is 12.3. The van der Waals surface area contributed by atoms with E-state index in [-0.39, 0.29) is 18.1 Å². The highest BCUT2D eigenvalue weighted by Crippen LogP contribution is 2.06. The molecule has 31 heavy (non-hydrogen) atoms. The Hall–Kier alpha value is -2.64. The average Bonchev–Trinajstić information content (AvgIpc) is 3.20. The van der Waals surface area contributed by atoms with Crippen LogP contribution < -0.4 is 21.7 Å². The first-order valence-electron chi connectivity index (χ1n) is 9.63. The van der Waals surface area contributed by atoms with Gasteiger partial charge >= 0.3 is 5.97 Å². The van der Waals surface area contributed by atoms with E-state index in [2.05, 4.69) is 38.5 Å². The number of aliphatic hydroxyl groups is 1. The van der Waals surface area contributed by atoms with Crippen LogP contribution in [0.4, 0.5) is 0 Å². The maximum absolute atomic E-state index is 12.7. The van der Waals surface area contributed by atoms with Crippen LogP contribution >= 0.6 is 12.6 Å². The lowest BCUT2D eigenvalue weighted by atomic mass is 10.0. The van der Waals surface area contributed by atoms with Gasteiger partial charge < -0.3 is 36.9 Å². The van der Waals surface area contributed by atoms with E-state index in [1.54, 1.807) is 13.8 Å². The van der Waals surface area contributed by atoms with Crippen molar-refractivity contribution in [2.24, 2.45) is 11.7 Å². The number of imidazole rings is 1. The number of amides is 3. The number of nitrogens with one attached hydrogen (secondary N) is 4. The minimum Gasteiger partial charge on any atom is -0.480 e. The summed E-state index contributed by atoms with van der Waals surface area (Å²) >= 11 is 3.94. The summed E-state index contributed by atoms with van der Waals surface area (Å²) in [5, 5.41) is 26.6. The van der Waals surface area contributed by atoms with Crippen molar-refractivity contribution in [1.29, 1.82) is 0 Å². The number of hydrogen-bond donors (Lipinski definition) is 8. The van der Waals surface area contributed by atoms with Crippen molar-refractivity contribution in [3.05, 3.63) is 18.2 Å². The summed E-state index contributed by atoms with van der Waals surface area (Å²) in [7, 11) is 0. The van der Waals surface area contributed by atoms with Crippen molar-refractivity contribution in [2.75, 3.05) is 5.75 Å². The number of carbonyl (C=O) groups is 4. The van der Waals surface area contributed by atoms with Crippen LogP contribution in [0.5, 0.6) is 0 Å². The van der Waals surface area contributed by atoms with Gasteiger partial charge in [0.05, 0.1) is 18.5 Å². The summed E-state index contributed by atoms with van der Waals surface area (Å²) < 4.78 is 0. The van der Waals surface area contributed by atoms with Crippen LogP contribution in [0.1, 0.15) is 26.5 Å². The van der Waals surface area contributed by atoms with E-state index >= 15 is 0 Å². The van der Waals surface area contributed by atoms with Crippen molar-refractivity contribution < 1.29 is 29.4 Å². The number of carbonyl (C=O) groups excluding carboxylic acids is 3. The molecular weight excluding hydrogens is 428 g/mol. The monoisotopic (exact) mass is 458 g/mol. The Morgan fingerprint density at radius 3 is 2.13 bits per heavy atom. The molecule has 0 bridgehead atoms. The zero-order valence-electron chi connectivity index (χ0n) is 17.5. The van der Waals surface area contributed by atoms with Crippen LogP contribution in [0.3, 0.4) is 0 Å². The summed E-state index contributed by atoms with van der Waals surface area (Å²) in [4.78, 5) is 55.5. The van der Waals surface area contributed by atoms with E-state index in [0.29, 0.717) is 5.69 Å². The van der Waals surface area contributed by atoms with E-state index in [9.17, 15) is 29.4 Å². The number of H-pyrrole nitrogens is 1. The van der Waals surface area contributed by atoms with Gasteiger partial charge in [0.15, 0.2) is 0 Å². The van der Waals surface area contributed by atoms with Gasteiger partial charge in [0.1, 0.15) is 18.1 Å². The Bertz CT molecular complexity index is 757. The van der Waals surface area contributed by atoms with Gasteiger partial charge in [0.2, 0.25) is 17.7 Å². The molecule has 0 aromatic carbocycles. The Balaban J connectivity index is 2.90. The molecule has 0 saturated heterocycles. The SMILES string of the molecule is CC(C)C(NC(=O)C(N)CS)C(=O)NC(C(=O)NC(Cc1cnc[nH]1)C(=O)O)C(C)O. The molecule has 0 radical (unpaired) electrons. The number of carboxylic acid groups (broad SMARTS) is 1. The van der Waals surface area contributed by atoms with Crippen molar-refractivity contribution in [3.8, 4) is 0 Å². The summed E-state index contributed by atoms with van der Waals surface area (Å²) in [6, 6.07) is -4.73. The Morgan fingerprint density at radius 1 is 1.10 bits per heavy atom. The highest BCUT2D eigenvalue weighted by Gasteiger charge is 2.33. The molecule has 1 aromatic rings. The molecule has 12 nitrogen and oxygen atoms in total. The number of aliphatic carboxylic acids is 1. The first-order valence-corrected chi connectivity index (χ1v) is 10.3. The molecule has 0 fully saturated rings. The minimum atomic E-state index is -1.45. The van der Waals surface area contributed by atoms with Gasteiger partial charge in [-0.15, -0.1) is 0 Å². The van der Waals surface area contributed by atoms with E-state index in [4.69, 9.17) is 5.73 Å². The van der Waals surface area contributed by atoms with Crippen LogP contribution in [0.25, 0.3) is 0 Å². The standard InChI is InChI=1S/C18H30N6O6S/c1-8(2)13(23-15(26)11(19)6-31)16(27)24-14(9(3)25)17(28)22-12(18(29)30)4-10-5-20-7-21-10/h5,7-9,11-14,25,31H,4,6,19H2,1-3H3,(H,20,21)(H,22,28)(H,23,26)(H,24,27)(H,29,30). The second-order valence-electron chi connectivity index (χ2n) is 7.43. The quantitative estimate of drug-likeness (QED) is 0.161. The number of nitrogens with two attached hydrogens (primary N) is 1. The predicted octanol–water partition coefficient (Wildman–Crippen LogP) is -2.21. The van der Waals surface area contributed by atoms with E-state index in [1.165, 1.54) is 19.4 Å². The Labute approximate surface area is 185 Å². The summed E-state index contributed by atoms with van der Waals surface area (Å²) in [6.07, 6.45) is 1.37. The number of nitrogens with zero attached hydrogens (tertiary/aromatic N) is 1. The number of thiol groups is 1. The number of aromatic nitrogens is 2. The molecule has 5 atom stereocenters. The predicted molar refractivity (Wildman–Crippen MR) is 114 cm³/mol. The van der Waals surface area contributed by atoms with Crippen LogP contribution in [-0.2, 0) is 25.6 Å². The number of carboxylic acids is 1. The molecule has 0 aliphatic heterocycles. The van der Waals surface area contributed by atoms with Gasteiger partial charge in [-0.05, 0) is 12.8 Å². The molecule has 174 valence electrons. The lowest BCUT2D eigenvalue weighted by molar-refractivity contribution is -0.143. The minimum absolute atomic E-state index is 0.0733. The van der Waals surface area contributed by atoms with Gasteiger partial charge in [-0.25, -0.2) is 9.78 Å². The van der Waals surface area contributed by atoms with Crippen LogP contribution in [0.2, 0.25) is 0 Å². The van der Waals surface area contributed by atoms with Crippen molar-refractivity contribution in [1.82, 2.24) is 25.9 Å². The van der Waals surface area contributed by atoms with Gasteiger partial charge in [0, 0.05) is 24.1 Å². The molecule has 0 saturated carbocycles. The third kappa shape index (κ3) is 8.19. The van der Waals surface area contributed by atoms with Gasteiger partial charge in [-0.3, -0.25) is 14.4 Å². The molecule has 3 amide bonds. The smallest absolute Gasteiger partial charge is 0.326 e. The maximum Gasteiger partial charge on any atom is 0.326 e. The molecule has 1 heterocycles. The fraction of sp³-hybridized carbons (Fsp3) is 0.611. The van der Waals surface area contributed by atoms with Crippen LogP contribution in [-0.4, -0.2) is 79.9 Å². The van der Waals surface area contributed by atoms with Crippen LogP contribution in [0.15, 0.2) is 12.5 Å². The summed E-state index contributed by atoms with van der Waals surface area (Å²) in [5.74, 6) is -3.79. The van der Waals surface area contributed by atoms with Crippen LogP contribution in [0, 0.1) is 5.92 Å². The number of aliphatic hydroxyl groups excluding tert-OH is 1. The van der Waals surface area contributed by atoms with Crippen molar-refractivity contribution in [3.63, 3.8) is 0 Å².